The van der Waals surface area contributed by atoms with E-state index in [1.54, 1.807) is 6.20 Å². The van der Waals surface area contributed by atoms with Gasteiger partial charge in [0.15, 0.2) is 0 Å². The van der Waals surface area contributed by atoms with Gasteiger partial charge in [-0.05, 0) is 57.4 Å². The molecule has 1 aromatic rings. The second-order valence-electron chi connectivity index (χ2n) is 8.13. The van der Waals surface area contributed by atoms with Crippen LogP contribution in [0.25, 0.3) is 0 Å². The molecule has 0 aromatic carbocycles. The van der Waals surface area contributed by atoms with Gasteiger partial charge in [0, 0.05) is 25.4 Å². The van der Waals surface area contributed by atoms with Gasteiger partial charge in [0.25, 0.3) is 0 Å². The number of nitrogens with zero attached hydrogens (tertiary/aromatic N) is 3. The molecule has 1 aliphatic heterocycles. The van der Waals surface area contributed by atoms with Crippen LogP contribution in [0, 0.1) is 11.8 Å². The normalized spacial score (nSPS) is 24.6. The molecular formula is C18H29N3O3S. The van der Waals surface area contributed by atoms with Crippen molar-refractivity contribution >= 4 is 9.84 Å². The second kappa shape index (κ2) is 6.67. The van der Waals surface area contributed by atoms with E-state index in [0.717, 1.165) is 43.5 Å². The Morgan fingerprint density at radius 3 is 2.48 bits per heavy atom. The predicted molar refractivity (Wildman–Crippen MR) is 95.0 cm³/mol. The number of aromatic nitrogens is 2. The third-order valence-corrected chi connectivity index (χ3v) is 6.76. The van der Waals surface area contributed by atoms with Gasteiger partial charge in [-0.25, -0.2) is 13.4 Å². The highest BCUT2D eigenvalue weighted by molar-refractivity contribution is 7.90. The van der Waals surface area contributed by atoms with Crippen LogP contribution in [-0.2, 0) is 27.7 Å². The van der Waals surface area contributed by atoms with Crippen LogP contribution < -0.4 is 0 Å². The Hall–Kier alpha value is -0.920. The van der Waals surface area contributed by atoms with Crippen molar-refractivity contribution in [1.82, 2.24) is 14.5 Å². The van der Waals surface area contributed by atoms with Crippen LogP contribution in [0.1, 0.15) is 44.2 Å². The van der Waals surface area contributed by atoms with Crippen molar-refractivity contribution < 1.29 is 13.2 Å². The maximum absolute atomic E-state index is 12.2. The first-order valence-corrected chi connectivity index (χ1v) is 11.4. The average molecular weight is 368 g/mol. The summed E-state index contributed by atoms with van der Waals surface area (Å²) in [5, 5.41) is 0.181. The molecule has 0 spiro atoms. The molecule has 1 saturated heterocycles. The lowest BCUT2D eigenvalue weighted by atomic mass is 10.1. The Labute approximate surface area is 150 Å². The van der Waals surface area contributed by atoms with Crippen molar-refractivity contribution in [2.24, 2.45) is 11.8 Å². The smallest absolute Gasteiger partial charge is 0.227 e. The standard InChI is InChI=1S/C18H29N3O3S/c1-20(17(13-5-6-13)14-7-8-14)11-15-10-19-18(25(2,22)23)21(15)12-16-4-3-9-24-16/h10,13-14,16-17H,3-9,11-12H2,1-2H3/t16-/m0/s1. The largest absolute Gasteiger partial charge is 0.376 e. The lowest BCUT2D eigenvalue weighted by Crippen LogP contribution is -2.36. The molecule has 2 aliphatic carbocycles. The van der Waals surface area contributed by atoms with E-state index < -0.39 is 9.84 Å². The molecule has 3 aliphatic rings. The minimum Gasteiger partial charge on any atom is -0.376 e. The molecule has 4 rings (SSSR count). The maximum atomic E-state index is 12.2. The minimum atomic E-state index is -3.34. The molecule has 2 heterocycles. The Balaban J connectivity index is 1.56. The molecule has 7 heteroatoms. The Kier molecular flexibility index (Phi) is 4.67. The number of imidazole rings is 1. The van der Waals surface area contributed by atoms with E-state index in [1.807, 2.05) is 4.57 Å². The molecule has 0 unspecified atom stereocenters. The first kappa shape index (κ1) is 17.5. The lowest BCUT2D eigenvalue weighted by Gasteiger charge is -2.29. The topological polar surface area (TPSA) is 64.4 Å². The molecule has 140 valence electrons. The van der Waals surface area contributed by atoms with Crippen LogP contribution in [0.5, 0.6) is 0 Å². The van der Waals surface area contributed by atoms with E-state index in [-0.39, 0.29) is 11.3 Å². The number of rotatable bonds is 8. The van der Waals surface area contributed by atoms with Gasteiger partial charge < -0.3 is 9.30 Å². The van der Waals surface area contributed by atoms with Gasteiger partial charge in [0.1, 0.15) is 0 Å². The summed E-state index contributed by atoms with van der Waals surface area (Å²) in [7, 11) is -1.16. The van der Waals surface area contributed by atoms with E-state index in [0.29, 0.717) is 12.6 Å². The van der Waals surface area contributed by atoms with Crippen LogP contribution in [0.2, 0.25) is 0 Å². The second-order valence-corrected chi connectivity index (χ2v) is 10.0. The van der Waals surface area contributed by atoms with Crippen molar-refractivity contribution in [3.63, 3.8) is 0 Å². The zero-order valence-electron chi connectivity index (χ0n) is 15.2. The van der Waals surface area contributed by atoms with Crippen LogP contribution >= 0.6 is 0 Å². The summed E-state index contributed by atoms with van der Waals surface area (Å²) in [4.78, 5) is 6.69. The third kappa shape index (κ3) is 3.93. The average Bonchev–Trinajstić information content (AvgIpc) is 3.46. The Morgan fingerprint density at radius 2 is 1.96 bits per heavy atom. The van der Waals surface area contributed by atoms with Crippen molar-refractivity contribution in [2.45, 2.75) is 68.9 Å². The monoisotopic (exact) mass is 367 g/mol. The van der Waals surface area contributed by atoms with Gasteiger partial charge in [-0.3, -0.25) is 4.90 Å². The number of sulfone groups is 1. The zero-order valence-corrected chi connectivity index (χ0v) is 16.0. The van der Waals surface area contributed by atoms with Crippen LogP contribution in [0.4, 0.5) is 0 Å². The number of hydrogen-bond acceptors (Lipinski definition) is 5. The van der Waals surface area contributed by atoms with Crippen LogP contribution in [-0.4, -0.2) is 54.9 Å². The number of ether oxygens (including phenoxy) is 1. The highest BCUT2D eigenvalue weighted by Crippen LogP contribution is 2.47. The van der Waals surface area contributed by atoms with E-state index in [4.69, 9.17) is 4.74 Å². The summed E-state index contributed by atoms with van der Waals surface area (Å²) in [6, 6.07) is 0.646. The van der Waals surface area contributed by atoms with Crippen molar-refractivity contribution in [3.8, 4) is 0 Å². The van der Waals surface area contributed by atoms with Crippen LogP contribution in [0.15, 0.2) is 11.4 Å². The summed E-state index contributed by atoms with van der Waals surface area (Å²) in [6.45, 7) is 2.12. The quantitative estimate of drug-likeness (QED) is 0.704. The molecule has 0 radical (unpaired) electrons. The Morgan fingerprint density at radius 1 is 1.28 bits per heavy atom. The molecular weight excluding hydrogens is 338 g/mol. The van der Waals surface area contributed by atoms with Crippen molar-refractivity contribution in [1.29, 1.82) is 0 Å². The molecule has 3 fully saturated rings. The third-order valence-electron chi connectivity index (χ3n) is 5.77. The fourth-order valence-electron chi connectivity index (χ4n) is 4.34. The van der Waals surface area contributed by atoms with E-state index >= 15 is 0 Å². The summed E-state index contributed by atoms with van der Waals surface area (Å²) < 4.78 is 31.9. The first-order valence-electron chi connectivity index (χ1n) is 9.50. The molecule has 2 saturated carbocycles. The van der Waals surface area contributed by atoms with Crippen molar-refractivity contribution in [3.05, 3.63) is 11.9 Å². The van der Waals surface area contributed by atoms with Gasteiger partial charge in [-0.15, -0.1) is 0 Å². The number of hydrogen-bond donors (Lipinski definition) is 0. The first-order chi connectivity index (χ1) is 11.9. The molecule has 1 atom stereocenters. The highest BCUT2D eigenvalue weighted by atomic mass is 32.2. The highest BCUT2D eigenvalue weighted by Gasteiger charge is 2.43. The summed E-state index contributed by atoms with van der Waals surface area (Å²) in [5.74, 6) is 1.67. The van der Waals surface area contributed by atoms with E-state index in [1.165, 1.54) is 31.9 Å². The van der Waals surface area contributed by atoms with Crippen LogP contribution in [0.3, 0.4) is 0 Å². The molecule has 6 nitrogen and oxygen atoms in total. The molecule has 1 aromatic heterocycles. The van der Waals surface area contributed by atoms with Gasteiger partial charge in [0.2, 0.25) is 15.0 Å². The maximum Gasteiger partial charge on any atom is 0.227 e. The summed E-state index contributed by atoms with van der Waals surface area (Å²) in [5.41, 5.74) is 0.990. The predicted octanol–water partition coefficient (Wildman–Crippen LogP) is 2.09. The summed E-state index contributed by atoms with van der Waals surface area (Å²) >= 11 is 0. The van der Waals surface area contributed by atoms with Crippen molar-refractivity contribution in [2.75, 3.05) is 19.9 Å². The molecule has 0 bridgehead atoms. The fraction of sp³-hybridized carbons (Fsp3) is 0.833. The zero-order chi connectivity index (χ0) is 17.6. The summed E-state index contributed by atoms with van der Waals surface area (Å²) in [6.07, 6.45) is 10.5. The van der Waals surface area contributed by atoms with E-state index in [2.05, 4.69) is 16.9 Å². The molecule has 0 N–H and O–H groups in total. The van der Waals surface area contributed by atoms with Gasteiger partial charge in [-0.2, -0.15) is 0 Å². The SMILES string of the molecule is CN(Cc1cnc(S(C)(=O)=O)n1C[C@@H]1CCCO1)C(C1CC1)C1CC1. The fourth-order valence-corrected chi connectivity index (χ4v) is 5.18. The van der Waals surface area contributed by atoms with E-state index in [9.17, 15) is 8.42 Å². The molecule has 0 amide bonds. The molecule has 25 heavy (non-hydrogen) atoms. The van der Waals surface area contributed by atoms with Gasteiger partial charge in [-0.1, -0.05) is 0 Å². The van der Waals surface area contributed by atoms with Gasteiger partial charge >= 0.3 is 0 Å². The lowest BCUT2D eigenvalue weighted by molar-refractivity contribution is 0.0926. The Bertz CT molecular complexity index is 704. The van der Waals surface area contributed by atoms with Gasteiger partial charge in [0.05, 0.1) is 24.5 Å². The minimum absolute atomic E-state index is 0.0985.